The van der Waals surface area contributed by atoms with Gasteiger partial charge in [-0.15, -0.1) is 0 Å². The number of rotatable bonds is 4. The summed E-state index contributed by atoms with van der Waals surface area (Å²) < 4.78 is 19.2. The summed E-state index contributed by atoms with van der Waals surface area (Å²) in [5, 5.41) is 12.2. The van der Waals surface area contributed by atoms with Crippen LogP contribution in [-0.2, 0) is 4.79 Å². The minimum atomic E-state index is -0.801. The molecule has 110 valence electrons. The summed E-state index contributed by atoms with van der Waals surface area (Å²) in [6.07, 6.45) is 0.495. The van der Waals surface area contributed by atoms with Gasteiger partial charge in [0.15, 0.2) is 0 Å². The second-order valence-corrected chi connectivity index (χ2v) is 5.50. The molecule has 1 aliphatic heterocycles. The first-order chi connectivity index (χ1) is 9.43. The monoisotopic (exact) mass is 281 g/mol. The van der Waals surface area contributed by atoms with Gasteiger partial charge in [0.2, 0.25) is 0 Å². The van der Waals surface area contributed by atoms with E-state index >= 15 is 0 Å². The third-order valence-electron chi connectivity index (χ3n) is 3.83. The molecular weight excluding hydrogens is 261 g/mol. The van der Waals surface area contributed by atoms with Crippen LogP contribution in [0.25, 0.3) is 0 Å². The van der Waals surface area contributed by atoms with Gasteiger partial charge in [-0.05, 0) is 24.0 Å². The molecule has 1 heterocycles. The highest BCUT2D eigenvalue weighted by molar-refractivity contribution is 5.71. The number of ether oxygens (including phenoxy) is 1. The third-order valence-corrected chi connectivity index (χ3v) is 3.83. The molecule has 0 aliphatic carbocycles. The fourth-order valence-electron chi connectivity index (χ4n) is 2.64. The van der Waals surface area contributed by atoms with Gasteiger partial charge in [-0.2, -0.15) is 0 Å². The van der Waals surface area contributed by atoms with Gasteiger partial charge in [-0.25, -0.2) is 4.39 Å². The normalized spacial score (nSPS) is 22.2. The zero-order valence-electron chi connectivity index (χ0n) is 11.9. The van der Waals surface area contributed by atoms with Crippen LogP contribution < -0.4 is 10.1 Å². The molecule has 5 heteroatoms. The molecule has 1 aromatic carbocycles. The van der Waals surface area contributed by atoms with Crippen LogP contribution in [0.1, 0.15) is 43.4 Å². The number of halogens is 1. The summed E-state index contributed by atoms with van der Waals surface area (Å²) in [6.45, 7) is 4.28. The van der Waals surface area contributed by atoms with Crippen molar-refractivity contribution in [3.8, 4) is 5.75 Å². The average Bonchev–Trinajstić information content (AvgIpc) is 2.87. The number of hydrogen-bond donors (Lipinski definition) is 2. The smallest absolute Gasteiger partial charge is 0.307 e. The Bertz CT molecular complexity index is 516. The maximum atomic E-state index is 14.0. The number of carboxylic acid groups (broad SMARTS) is 1. The predicted molar refractivity (Wildman–Crippen MR) is 73.5 cm³/mol. The van der Waals surface area contributed by atoms with Crippen LogP contribution in [-0.4, -0.2) is 24.7 Å². The summed E-state index contributed by atoms with van der Waals surface area (Å²) in [6, 6.07) is 3.07. The largest absolute Gasteiger partial charge is 0.496 e. The first kappa shape index (κ1) is 14.8. The number of nitrogens with one attached hydrogen (secondary N) is 1. The van der Waals surface area contributed by atoms with Crippen molar-refractivity contribution in [2.75, 3.05) is 13.7 Å². The van der Waals surface area contributed by atoms with Crippen LogP contribution in [0.15, 0.2) is 12.1 Å². The van der Waals surface area contributed by atoms with Gasteiger partial charge in [-0.3, -0.25) is 4.79 Å². The van der Waals surface area contributed by atoms with Crippen LogP contribution >= 0.6 is 0 Å². The summed E-state index contributed by atoms with van der Waals surface area (Å²) in [7, 11) is 1.50. The zero-order valence-corrected chi connectivity index (χ0v) is 11.9. The van der Waals surface area contributed by atoms with E-state index in [4.69, 9.17) is 9.84 Å². The Balaban J connectivity index is 2.35. The predicted octanol–water partition coefficient (Wildman–Crippen LogP) is 2.69. The van der Waals surface area contributed by atoms with Gasteiger partial charge in [0.25, 0.3) is 0 Å². The van der Waals surface area contributed by atoms with E-state index < -0.39 is 11.9 Å². The van der Waals surface area contributed by atoms with Gasteiger partial charge in [0, 0.05) is 24.2 Å². The van der Waals surface area contributed by atoms with E-state index in [2.05, 4.69) is 5.32 Å². The van der Waals surface area contributed by atoms with Crippen molar-refractivity contribution >= 4 is 5.97 Å². The lowest BCUT2D eigenvalue weighted by molar-refractivity contribution is -0.141. The molecule has 0 amide bonds. The standard InChI is InChI=1S/C15H20FNO3/c1-8(2)10-5-11(14(20-3)6-12(10)16)13-4-9(7-17-13)15(18)19/h5-6,8-9,13,17H,4,7H2,1-3H3,(H,18,19). The maximum absolute atomic E-state index is 14.0. The van der Waals surface area contributed by atoms with Gasteiger partial charge in [0.05, 0.1) is 13.0 Å². The highest BCUT2D eigenvalue weighted by Crippen LogP contribution is 2.36. The molecule has 1 fully saturated rings. The number of benzene rings is 1. The van der Waals surface area contributed by atoms with Gasteiger partial charge in [0.1, 0.15) is 11.6 Å². The quantitative estimate of drug-likeness (QED) is 0.891. The lowest BCUT2D eigenvalue weighted by atomic mass is 9.94. The highest BCUT2D eigenvalue weighted by Gasteiger charge is 2.32. The van der Waals surface area contributed by atoms with Crippen LogP contribution in [0.2, 0.25) is 0 Å². The van der Waals surface area contributed by atoms with E-state index in [0.29, 0.717) is 24.3 Å². The summed E-state index contributed by atoms with van der Waals surface area (Å²) in [4.78, 5) is 11.0. The number of carboxylic acids is 1. The van der Waals surface area contributed by atoms with Crippen molar-refractivity contribution in [3.63, 3.8) is 0 Å². The molecule has 2 N–H and O–H groups in total. The fourth-order valence-corrected chi connectivity index (χ4v) is 2.64. The fraction of sp³-hybridized carbons (Fsp3) is 0.533. The lowest BCUT2D eigenvalue weighted by Crippen LogP contribution is -2.17. The molecule has 1 saturated heterocycles. The first-order valence-electron chi connectivity index (χ1n) is 6.77. The Morgan fingerprint density at radius 1 is 1.50 bits per heavy atom. The molecule has 20 heavy (non-hydrogen) atoms. The number of methoxy groups -OCH3 is 1. The molecular formula is C15H20FNO3. The van der Waals surface area contributed by atoms with Crippen molar-refractivity contribution in [1.29, 1.82) is 0 Å². The van der Waals surface area contributed by atoms with E-state index in [-0.39, 0.29) is 17.8 Å². The molecule has 1 aromatic rings. The Labute approximate surface area is 117 Å². The van der Waals surface area contributed by atoms with E-state index in [1.807, 2.05) is 13.8 Å². The second-order valence-electron chi connectivity index (χ2n) is 5.50. The van der Waals surface area contributed by atoms with E-state index in [9.17, 15) is 9.18 Å². The number of hydrogen-bond acceptors (Lipinski definition) is 3. The molecule has 2 atom stereocenters. The topological polar surface area (TPSA) is 58.6 Å². The molecule has 0 saturated carbocycles. The van der Waals surface area contributed by atoms with Crippen LogP contribution in [0.3, 0.4) is 0 Å². The average molecular weight is 281 g/mol. The Kier molecular flexibility index (Phi) is 4.28. The SMILES string of the molecule is COc1cc(F)c(C(C)C)cc1C1CC(C(=O)O)CN1. The number of carbonyl (C=O) groups is 1. The first-order valence-corrected chi connectivity index (χ1v) is 6.77. The second kappa shape index (κ2) is 5.79. The Morgan fingerprint density at radius 2 is 2.20 bits per heavy atom. The van der Waals surface area contributed by atoms with Gasteiger partial charge >= 0.3 is 5.97 Å². The van der Waals surface area contributed by atoms with Crippen LogP contribution in [0.5, 0.6) is 5.75 Å². The number of aliphatic carboxylic acids is 1. The molecule has 2 unspecified atom stereocenters. The van der Waals surface area contributed by atoms with Gasteiger partial charge < -0.3 is 15.2 Å². The Morgan fingerprint density at radius 3 is 2.70 bits per heavy atom. The lowest BCUT2D eigenvalue weighted by Gasteiger charge is -2.18. The van der Waals surface area contributed by atoms with Gasteiger partial charge in [-0.1, -0.05) is 13.8 Å². The molecule has 0 aromatic heterocycles. The maximum Gasteiger partial charge on any atom is 0.307 e. The van der Waals surface area contributed by atoms with E-state index in [1.165, 1.54) is 13.2 Å². The molecule has 0 bridgehead atoms. The van der Waals surface area contributed by atoms with Crippen LogP contribution in [0.4, 0.5) is 4.39 Å². The minimum Gasteiger partial charge on any atom is -0.496 e. The molecule has 2 rings (SSSR count). The Hall–Kier alpha value is -1.62. The minimum absolute atomic E-state index is 0.0660. The molecule has 1 aliphatic rings. The van der Waals surface area contributed by atoms with Crippen molar-refractivity contribution in [2.24, 2.45) is 5.92 Å². The highest BCUT2D eigenvalue weighted by atomic mass is 19.1. The van der Waals surface area contributed by atoms with Crippen molar-refractivity contribution in [3.05, 3.63) is 29.1 Å². The van der Waals surface area contributed by atoms with Crippen molar-refractivity contribution in [1.82, 2.24) is 5.32 Å². The van der Waals surface area contributed by atoms with Crippen molar-refractivity contribution < 1.29 is 19.0 Å². The summed E-state index contributed by atoms with van der Waals surface area (Å²) >= 11 is 0. The van der Waals surface area contributed by atoms with E-state index in [0.717, 1.165) is 5.56 Å². The zero-order chi connectivity index (χ0) is 14.9. The molecule has 0 spiro atoms. The third kappa shape index (κ3) is 2.77. The molecule has 0 radical (unpaired) electrons. The summed E-state index contributed by atoms with van der Waals surface area (Å²) in [5.74, 6) is -0.956. The van der Waals surface area contributed by atoms with Crippen molar-refractivity contribution in [2.45, 2.75) is 32.2 Å². The summed E-state index contributed by atoms with van der Waals surface area (Å²) in [5.41, 5.74) is 1.46. The van der Waals surface area contributed by atoms with Crippen LogP contribution in [0, 0.1) is 11.7 Å². The van der Waals surface area contributed by atoms with E-state index in [1.54, 1.807) is 6.07 Å². The molecule has 4 nitrogen and oxygen atoms in total.